The van der Waals surface area contributed by atoms with Crippen LogP contribution in [0.25, 0.3) is 10.9 Å². The van der Waals surface area contributed by atoms with Crippen LogP contribution in [-0.2, 0) is 10.1 Å². The van der Waals surface area contributed by atoms with Gasteiger partial charge >= 0.3 is 15.6 Å². The van der Waals surface area contributed by atoms with Gasteiger partial charge in [-0.3, -0.25) is 0 Å². The van der Waals surface area contributed by atoms with Crippen LogP contribution in [-0.4, -0.2) is 38.1 Å². The second-order valence-corrected chi connectivity index (χ2v) is 7.12. The zero-order valence-electron chi connectivity index (χ0n) is 15.0. The Morgan fingerprint density at radius 1 is 1.00 bits per heavy atom. The van der Waals surface area contributed by atoms with Crippen LogP contribution < -0.4 is 19.0 Å². The van der Waals surface area contributed by atoms with Crippen molar-refractivity contribution in [1.29, 1.82) is 0 Å². The van der Waals surface area contributed by atoms with Gasteiger partial charge in [0.1, 0.15) is 17.9 Å². The highest BCUT2D eigenvalue weighted by Gasteiger charge is 2.49. The number of aromatic nitrogens is 2. The van der Waals surface area contributed by atoms with Crippen molar-refractivity contribution in [2.75, 3.05) is 19.5 Å². The molecule has 0 fully saturated rings. The first kappa shape index (κ1) is 20.5. The van der Waals surface area contributed by atoms with Crippen LogP contribution in [0.1, 0.15) is 0 Å². The van der Waals surface area contributed by atoms with Crippen molar-refractivity contribution >= 4 is 32.5 Å². The van der Waals surface area contributed by atoms with Crippen LogP contribution in [0, 0.1) is 0 Å². The van der Waals surface area contributed by atoms with E-state index < -0.39 is 21.4 Å². The molecule has 154 valence electrons. The molecule has 0 bridgehead atoms. The molecule has 3 aromatic rings. The number of hydrogen-bond acceptors (Lipinski definition) is 8. The Kier molecular flexibility index (Phi) is 5.38. The van der Waals surface area contributed by atoms with E-state index in [4.69, 9.17) is 9.47 Å². The molecule has 1 heterocycles. The summed E-state index contributed by atoms with van der Waals surface area (Å²) in [6.07, 6.45) is 1.23. The topological polar surface area (TPSA) is 99.6 Å². The smallest absolute Gasteiger partial charge is 0.497 e. The molecule has 1 aromatic heterocycles. The van der Waals surface area contributed by atoms with Gasteiger partial charge in [-0.1, -0.05) is 6.07 Å². The molecular weight excluding hydrogens is 415 g/mol. The Morgan fingerprint density at radius 3 is 2.41 bits per heavy atom. The first-order valence-electron chi connectivity index (χ1n) is 7.89. The van der Waals surface area contributed by atoms with Crippen molar-refractivity contribution in [2.45, 2.75) is 5.51 Å². The third kappa shape index (κ3) is 4.26. The monoisotopic (exact) mass is 429 g/mol. The molecule has 0 spiro atoms. The van der Waals surface area contributed by atoms with Crippen LogP contribution >= 0.6 is 0 Å². The molecule has 0 aliphatic carbocycles. The summed E-state index contributed by atoms with van der Waals surface area (Å²) in [4.78, 5) is 8.10. The quantitative estimate of drug-likeness (QED) is 0.469. The predicted octanol–water partition coefficient (Wildman–Crippen LogP) is 3.62. The fraction of sp³-hybridized carbons (Fsp3) is 0.176. The minimum atomic E-state index is -5.89. The molecule has 0 atom stereocenters. The number of rotatable bonds is 6. The van der Waals surface area contributed by atoms with E-state index >= 15 is 0 Å². The number of hydrogen-bond donors (Lipinski definition) is 1. The lowest BCUT2D eigenvalue weighted by molar-refractivity contribution is -0.0500. The second-order valence-electron chi connectivity index (χ2n) is 5.58. The van der Waals surface area contributed by atoms with Gasteiger partial charge in [-0.15, -0.1) is 0 Å². The number of ether oxygens (including phenoxy) is 2. The van der Waals surface area contributed by atoms with Crippen molar-refractivity contribution < 1.29 is 35.2 Å². The summed E-state index contributed by atoms with van der Waals surface area (Å²) in [6.45, 7) is 0. The average molecular weight is 429 g/mol. The highest BCUT2D eigenvalue weighted by Crippen LogP contribution is 2.37. The summed E-state index contributed by atoms with van der Waals surface area (Å²) in [6, 6.07) is 9.13. The highest BCUT2D eigenvalue weighted by atomic mass is 32.2. The van der Waals surface area contributed by atoms with Gasteiger partial charge in [-0.25, -0.2) is 9.97 Å². The number of halogens is 3. The molecule has 2 aromatic carbocycles. The highest BCUT2D eigenvalue weighted by molar-refractivity contribution is 7.88. The van der Waals surface area contributed by atoms with Crippen molar-refractivity contribution in [2.24, 2.45) is 0 Å². The van der Waals surface area contributed by atoms with Crippen molar-refractivity contribution in [3.05, 3.63) is 42.7 Å². The Hall–Kier alpha value is -3.28. The van der Waals surface area contributed by atoms with Crippen LogP contribution in [0.3, 0.4) is 0 Å². The molecule has 0 amide bonds. The van der Waals surface area contributed by atoms with Gasteiger partial charge in [0.2, 0.25) is 0 Å². The average Bonchev–Trinajstić information content (AvgIpc) is 2.67. The number of nitrogens with zero attached hydrogens (tertiary/aromatic N) is 2. The van der Waals surface area contributed by atoms with Gasteiger partial charge in [-0.05, 0) is 18.2 Å². The first-order chi connectivity index (χ1) is 13.6. The molecular formula is C17H14F3N3O5S. The minimum Gasteiger partial charge on any atom is -0.497 e. The van der Waals surface area contributed by atoms with Gasteiger partial charge < -0.3 is 19.0 Å². The lowest BCUT2D eigenvalue weighted by Crippen LogP contribution is -2.28. The van der Waals surface area contributed by atoms with Gasteiger partial charge in [0.25, 0.3) is 0 Å². The van der Waals surface area contributed by atoms with Gasteiger partial charge in [0.15, 0.2) is 11.5 Å². The second kappa shape index (κ2) is 7.62. The number of anilines is 2. The summed E-state index contributed by atoms with van der Waals surface area (Å²) >= 11 is 0. The van der Waals surface area contributed by atoms with E-state index in [2.05, 4.69) is 19.5 Å². The normalized spacial score (nSPS) is 11.9. The van der Waals surface area contributed by atoms with E-state index in [0.717, 1.165) is 13.2 Å². The summed E-state index contributed by atoms with van der Waals surface area (Å²) in [5.74, 6) is -0.118. The number of methoxy groups -OCH3 is 2. The molecule has 0 unspecified atom stereocenters. The van der Waals surface area contributed by atoms with Crippen LogP contribution in [0.5, 0.6) is 17.2 Å². The summed E-state index contributed by atoms with van der Waals surface area (Å²) in [5, 5.41) is 3.19. The molecule has 0 radical (unpaired) electrons. The fourth-order valence-electron chi connectivity index (χ4n) is 2.39. The van der Waals surface area contributed by atoms with Crippen LogP contribution in [0.2, 0.25) is 0 Å². The molecule has 12 heteroatoms. The Balaban J connectivity index is 2.09. The molecule has 29 heavy (non-hydrogen) atoms. The molecule has 0 saturated heterocycles. The predicted molar refractivity (Wildman–Crippen MR) is 98.0 cm³/mol. The maximum absolute atomic E-state index is 12.7. The number of alkyl halides is 3. The van der Waals surface area contributed by atoms with Crippen molar-refractivity contribution in [1.82, 2.24) is 9.97 Å². The van der Waals surface area contributed by atoms with E-state index in [1.807, 2.05) is 0 Å². The lowest BCUT2D eigenvalue weighted by Gasteiger charge is -2.14. The SMILES string of the molecule is COc1cccc(Nc2ncnc3cc(OC)c(OS(=O)(=O)C(F)(F)F)cc23)c1. The molecule has 0 aliphatic rings. The largest absolute Gasteiger partial charge is 0.534 e. The fourth-order valence-corrected chi connectivity index (χ4v) is 2.85. The summed E-state index contributed by atoms with van der Waals surface area (Å²) in [7, 11) is -3.24. The molecule has 0 saturated carbocycles. The lowest BCUT2D eigenvalue weighted by atomic mass is 10.2. The van der Waals surface area contributed by atoms with E-state index in [0.29, 0.717) is 17.0 Å². The molecule has 0 aliphatic heterocycles. The Labute approximate surface area is 163 Å². The zero-order chi connectivity index (χ0) is 21.2. The number of nitrogens with one attached hydrogen (secondary N) is 1. The van der Waals surface area contributed by atoms with Crippen LogP contribution in [0.4, 0.5) is 24.7 Å². The van der Waals surface area contributed by atoms with E-state index in [-0.39, 0.29) is 17.0 Å². The number of benzene rings is 2. The minimum absolute atomic E-state index is 0.208. The Morgan fingerprint density at radius 2 is 1.76 bits per heavy atom. The van der Waals surface area contributed by atoms with Crippen molar-refractivity contribution in [3.8, 4) is 17.2 Å². The molecule has 8 nitrogen and oxygen atoms in total. The zero-order valence-corrected chi connectivity index (χ0v) is 15.8. The van der Waals surface area contributed by atoms with E-state index in [1.54, 1.807) is 24.3 Å². The van der Waals surface area contributed by atoms with Crippen LogP contribution in [0.15, 0.2) is 42.7 Å². The van der Waals surface area contributed by atoms with Gasteiger partial charge in [0, 0.05) is 23.2 Å². The summed E-state index contributed by atoms with van der Waals surface area (Å²) in [5.41, 5.74) is -4.73. The maximum Gasteiger partial charge on any atom is 0.534 e. The Bertz CT molecular complexity index is 1150. The number of fused-ring (bicyclic) bond motifs is 1. The van der Waals surface area contributed by atoms with Gasteiger partial charge in [0.05, 0.1) is 19.7 Å². The first-order valence-corrected chi connectivity index (χ1v) is 9.30. The maximum atomic E-state index is 12.7. The third-order valence-electron chi connectivity index (χ3n) is 3.74. The summed E-state index contributed by atoms with van der Waals surface area (Å²) < 4.78 is 75.3. The van der Waals surface area contributed by atoms with Gasteiger partial charge in [-0.2, -0.15) is 21.6 Å². The molecule has 1 N–H and O–H groups in total. The van der Waals surface area contributed by atoms with E-state index in [1.165, 1.54) is 19.5 Å². The van der Waals surface area contributed by atoms with E-state index in [9.17, 15) is 21.6 Å². The standard InChI is InChI=1S/C17H14F3N3O5S/c1-26-11-5-3-4-10(6-11)23-16-12-7-15(28-29(24,25)17(18,19)20)14(27-2)8-13(12)21-9-22-16/h3-9H,1-2H3,(H,21,22,23). The van der Waals surface area contributed by atoms with Crippen molar-refractivity contribution in [3.63, 3.8) is 0 Å². The third-order valence-corrected chi connectivity index (χ3v) is 4.70. The molecule has 3 rings (SSSR count).